The number of rotatable bonds is 3. The van der Waals surface area contributed by atoms with Crippen LogP contribution in [0.5, 0.6) is 0 Å². The molecule has 1 N–H and O–H groups in total. The fraction of sp³-hybridized carbons (Fsp3) is 0.800. The molecule has 0 aliphatic carbocycles. The summed E-state index contributed by atoms with van der Waals surface area (Å²) in [6, 6.07) is 2.06. The van der Waals surface area contributed by atoms with Crippen molar-refractivity contribution in [2.45, 2.75) is 44.7 Å². The summed E-state index contributed by atoms with van der Waals surface area (Å²) < 4.78 is 0. The van der Waals surface area contributed by atoms with Gasteiger partial charge in [0, 0.05) is 6.04 Å². The third kappa shape index (κ3) is 2.71. The second-order valence-electron chi connectivity index (χ2n) is 3.79. The van der Waals surface area contributed by atoms with Crippen molar-refractivity contribution in [3.63, 3.8) is 0 Å². The van der Waals surface area contributed by atoms with Gasteiger partial charge < -0.3 is 5.11 Å². The molecule has 2 atom stereocenters. The molecule has 2 unspecified atom stereocenters. The van der Waals surface area contributed by atoms with Gasteiger partial charge in [-0.2, -0.15) is 5.26 Å². The van der Waals surface area contributed by atoms with Crippen molar-refractivity contribution < 1.29 is 9.90 Å². The summed E-state index contributed by atoms with van der Waals surface area (Å²) in [6.07, 6.45) is 3.21. The largest absolute Gasteiger partial charge is 0.481 e. The minimum Gasteiger partial charge on any atom is -0.481 e. The second kappa shape index (κ2) is 4.97. The van der Waals surface area contributed by atoms with Gasteiger partial charge in [0.25, 0.3) is 0 Å². The van der Waals surface area contributed by atoms with Crippen molar-refractivity contribution in [1.82, 2.24) is 4.90 Å². The minimum atomic E-state index is -0.771. The molecule has 1 rings (SSSR count). The summed E-state index contributed by atoms with van der Waals surface area (Å²) in [5.74, 6) is -0.771. The van der Waals surface area contributed by atoms with E-state index in [4.69, 9.17) is 10.4 Å². The molecule has 0 saturated carbocycles. The van der Waals surface area contributed by atoms with E-state index in [1.165, 1.54) is 0 Å². The van der Waals surface area contributed by atoms with Crippen LogP contribution in [0, 0.1) is 11.3 Å². The fourth-order valence-corrected chi connectivity index (χ4v) is 2.03. The third-order valence-electron chi connectivity index (χ3n) is 2.77. The first-order chi connectivity index (χ1) is 6.65. The number of nitriles is 1. The molecular weight excluding hydrogens is 180 g/mol. The number of aliphatic carboxylic acids is 1. The maximum atomic E-state index is 10.6. The van der Waals surface area contributed by atoms with Crippen molar-refractivity contribution in [2.24, 2.45) is 0 Å². The van der Waals surface area contributed by atoms with Gasteiger partial charge in [-0.15, -0.1) is 0 Å². The van der Waals surface area contributed by atoms with Gasteiger partial charge in [-0.25, -0.2) is 0 Å². The van der Waals surface area contributed by atoms with Crippen LogP contribution in [-0.4, -0.2) is 34.6 Å². The summed E-state index contributed by atoms with van der Waals surface area (Å²) >= 11 is 0. The summed E-state index contributed by atoms with van der Waals surface area (Å²) in [5.41, 5.74) is 0. The Morgan fingerprint density at radius 2 is 2.43 bits per heavy atom. The number of carboxylic acids is 1. The first-order valence-electron chi connectivity index (χ1n) is 5.02. The van der Waals surface area contributed by atoms with Gasteiger partial charge in [0.05, 0.1) is 18.5 Å². The van der Waals surface area contributed by atoms with Gasteiger partial charge in [0.1, 0.15) is 0 Å². The van der Waals surface area contributed by atoms with Gasteiger partial charge in [-0.3, -0.25) is 9.69 Å². The summed E-state index contributed by atoms with van der Waals surface area (Å²) in [5, 5.41) is 17.5. The topological polar surface area (TPSA) is 64.3 Å². The molecule has 0 aromatic carbocycles. The van der Waals surface area contributed by atoms with Gasteiger partial charge in [-0.1, -0.05) is 6.42 Å². The first-order valence-corrected chi connectivity index (χ1v) is 5.02. The van der Waals surface area contributed by atoms with Crippen LogP contribution in [-0.2, 0) is 4.79 Å². The smallest absolute Gasteiger partial charge is 0.304 e. The van der Waals surface area contributed by atoms with Crippen LogP contribution in [0.15, 0.2) is 0 Å². The van der Waals surface area contributed by atoms with Crippen molar-refractivity contribution >= 4 is 5.97 Å². The van der Waals surface area contributed by atoms with Crippen molar-refractivity contribution in [3.8, 4) is 6.07 Å². The molecule has 0 aromatic heterocycles. The van der Waals surface area contributed by atoms with E-state index < -0.39 is 5.97 Å². The normalized spacial score (nSPS) is 25.3. The number of carboxylic acid groups (broad SMARTS) is 1. The average molecular weight is 196 g/mol. The van der Waals surface area contributed by atoms with E-state index in [0.29, 0.717) is 0 Å². The minimum absolute atomic E-state index is 0.0518. The number of carbonyl (C=O) groups is 1. The van der Waals surface area contributed by atoms with Crippen LogP contribution in [0.2, 0.25) is 0 Å². The van der Waals surface area contributed by atoms with Crippen molar-refractivity contribution in [3.05, 3.63) is 0 Å². The second-order valence-corrected chi connectivity index (χ2v) is 3.79. The van der Waals surface area contributed by atoms with E-state index in [1.54, 1.807) is 0 Å². The fourth-order valence-electron chi connectivity index (χ4n) is 2.03. The Morgan fingerprint density at radius 1 is 1.71 bits per heavy atom. The lowest BCUT2D eigenvalue weighted by Gasteiger charge is -2.36. The monoisotopic (exact) mass is 196 g/mol. The van der Waals surface area contributed by atoms with E-state index in [2.05, 4.69) is 6.07 Å². The summed E-state index contributed by atoms with van der Waals surface area (Å²) in [4.78, 5) is 12.6. The summed E-state index contributed by atoms with van der Waals surface area (Å²) in [7, 11) is 0. The molecule has 14 heavy (non-hydrogen) atoms. The Balaban J connectivity index is 2.59. The SMILES string of the molecule is CC(C#N)N1CCCCC1CC(=O)O. The van der Waals surface area contributed by atoms with Gasteiger partial charge in [-0.05, 0) is 26.3 Å². The van der Waals surface area contributed by atoms with Gasteiger partial charge in [0.2, 0.25) is 0 Å². The highest BCUT2D eigenvalue weighted by atomic mass is 16.4. The molecule has 0 aromatic rings. The Kier molecular flexibility index (Phi) is 3.90. The molecule has 0 bridgehead atoms. The molecule has 1 saturated heterocycles. The van der Waals surface area contributed by atoms with E-state index in [-0.39, 0.29) is 18.5 Å². The zero-order valence-corrected chi connectivity index (χ0v) is 8.44. The lowest BCUT2D eigenvalue weighted by Crippen LogP contribution is -2.45. The van der Waals surface area contributed by atoms with Gasteiger partial charge in [0.15, 0.2) is 0 Å². The molecule has 0 radical (unpaired) electrons. The highest BCUT2D eigenvalue weighted by Gasteiger charge is 2.27. The maximum Gasteiger partial charge on any atom is 0.304 e. The lowest BCUT2D eigenvalue weighted by molar-refractivity contribution is -0.138. The predicted molar refractivity (Wildman–Crippen MR) is 51.7 cm³/mol. The first kappa shape index (κ1) is 11.0. The number of likely N-dealkylation sites (tertiary alicyclic amines) is 1. The standard InChI is InChI=1S/C10H16N2O2/c1-8(7-11)12-5-3-2-4-9(12)6-10(13)14/h8-9H,2-6H2,1H3,(H,13,14). The van der Waals surface area contributed by atoms with Gasteiger partial charge >= 0.3 is 5.97 Å². The van der Waals surface area contributed by atoms with E-state index in [9.17, 15) is 4.79 Å². The Labute approximate surface area is 84.1 Å². The zero-order valence-electron chi connectivity index (χ0n) is 8.44. The zero-order chi connectivity index (χ0) is 10.6. The Morgan fingerprint density at radius 3 is 3.00 bits per heavy atom. The predicted octanol–water partition coefficient (Wildman–Crippen LogP) is 1.23. The number of piperidine rings is 1. The van der Waals surface area contributed by atoms with Crippen LogP contribution in [0.1, 0.15) is 32.6 Å². The van der Waals surface area contributed by atoms with Crippen LogP contribution in [0.3, 0.4) is 0 Å². The number of hydrogen-bond acceptors (Lipinski definition) is 3. The average Bonchev–Trinajstić information content (AvgIpc) is 2.16. The van der Waals surface area contributed by atoms with E-state index >= 15 is 0 Å². The molecule has 4 heteroatoms. The molecule has 78 valence electrons. The Bertz CT molecular complexity index is 247. The Hall–Kier alpha value is -1.08. The highest BCUT2D eigenvalue weighted by molar-refractivity contribution is 5.67. The molecule has 1 aliphatic rings. The molecule has 4 nitrogen and oxygen atoms in total. The maximum absolute atomic E-state index is 10.6. The van der Waals surface area contributed by atoms with Crippen LogP contribution < -0.4 is 0 Å². The van der Waals surface area contributed by atoms with Crippen molar-refractivity contribution in [1.29, 1.82) is 5.26 Å². The molecular formula is C10H16N2O2. The molecule has 1 heterocycles. The van der Waals surface area contributed by atoms with Crippen LogP contribution in [0.25, 0.3) is 0 Å². The van der Waals surface area contributed by atoms with Crippen LogP contribution >= 0.6 is 0 Å². The molecule has 1 aliphatic heterocycles. The molecule has 1 fully saturated rings. The molecule has 0 amide bonds. The number of hydrogen-bond donors (Lipinski definition) is 1. The third-order valence-corrected chi connectivity index (χ3v) is 2.77. The van der Waals surface area contributed by atoms with Crippen LogP contribution in [0.4, 0.5) is 0 Å². The summed E-state index contributed by atoms with van der Waals surface area (Å²) in [6.45, 7) is 2.69. The van der Waals surface area contributed by atoms with E-state index in [0.717, 1.165) is 25.8 Å². The van der Waals surface area contributed by atoms with E-state index in [1.807, 2.05) is 11.8 Å². The lowest BCUT2D eigenvalue weighted by atomic mass is 9.98. The van der Waals surface area contributed by atoms with Crippen molar-refractivity contribution in [2.75, 3.05) is 6.54 Å². The highest BCUT2D eigenvalue weighted by Crippen LogP contribution is 2.21. The molecule has 0 spiro atoms. The quantitative estimate of drug-likeness (QED) is 0.737. The number of nitrogens with zero attached hydrogens (tertiary/aromatic N) is 2.